The second kappa shape index (κ2) is 5.49. The lowest BCUT2D eigenvalue weighted by atomic mass is 9.80. The van der Waals surface area contributed by atoms with Gasteiger partial charge in [0.1, 0.15) is 0 Å². The van der Waals surface area contributed by atoms with Crippen LogP contribution in [-0.2, 0) is 9.59 Å². The number of rotatable bonds is 4. The van der Waals surface area contributed by atoms with Crippen LogP contribution < -0.4 is 5.32 Å². The molecule has 17 heavy (non-hydrogen) atoms. The Morgan fingerprint density at radius 2 is 1.88 bits per heavy atom. The van der Waals surface area contributed by atoms with E-state index in [9.17, 15) is 9.59 Å². The summed E-state index contributed by atoms with van der Waals surface area (Å²) in [6.07, 6.45) is 1.22. The molecule has 1 aliphatic rings. The van der Waals surface area contributed by atoms with Crippen LogP contribution in [0.4, 0.5) is 0 Å². The van der Waals surface area contributed by atoms with Crippen LogP contribution in [0.25, 0.3) is 0 Å². The molecular formula is C12H22N2O3. The molecule has 98 valence electrons. The molecule has 0 unspecified atom stereocenters. The van der Waals surface area contributed by atoms with Crippen LogP contribution in [0.5, 0.6) is 0 Å². The van der Waals surface area contributed by atoms with Crippen molar-refractivity contribution in [2.75, 3.05) is 19.6 Å². The predicted octanol–water partition coefficient (Wildman–Crippen LogP) is 0.698. The van der Waals surface area contributed by atoms with E-state index >= 15 is 0 Å². The molecule has 0 aliphatic carbocycles. The van der Waals surface area contributed by atoms with Crippen molar-refractivity contribution in [3.8, 4) is 0 Å². The summed E-state index contributed by atoms with van der Waals surface area (Å²) >= 11 is 0. The minimum absolute atomic E-state index is 0.0129. The summed E-state index contributed by atoms with van der Waals surface area (Å²) in [5, 5.41) is 11.9. The highest BCUT2D eigenvalue weighted by Gasteiger charge is 2.37. The van der Waals surface area contributed by atoms with Gasteiger partial charge in [-0.25, -0.2) is 0 Å². The molecule has 1 fully saturated rings. The van der Waals surface area contributed by atoms with E-state index in [1.807, 2.05) is 18.7 Å². The van der Waals surface area contributed by atoms with E-state index in [0.29, 0.717) is 32.5 Å². The zero-order chi connectivity index (χ0) is 13.1. The summed E-state index contributed by atoms with van der Waals surface area (Å²) in [5.74, 6) is -0.720. The van der Waals surface area contributed by atoms with Gasteiger partial charge in [0.05, 0.1) is 12.0 Å². The Morgan fingerprint density at radius 1 is 1.35 bits per heavy atom. The number of amides is 1. The largest absolute Gasteiger partial charge is 0.481 e. The number of piperidine rings is 1. The fourth-order valence-electron chi connectivity index (χ4n) is 1.99. The lowest BCUT2D eigenvalue weighted by molar-refractivity contribution is -0.150. The van der Waals surface area contributed by atoms with Crippen LogP contribution in [0.2, 0.25) is 0 Å². The van der Waals surface area contributed by atoms with Crippen molar-refractivity contribution in [1.29, 1.82) is 0 Å². The number of nitrogens with zero attached hydrogens (tertiary/aromatic N) is 1. The summed E-state index contributed by atoms with van der Waals surface area (Å²) < 4.78 is 0. The topological polar surface area (TPSA) is 69.6 Å². The van der Waals surface area contributed by atoms with Gasteiger partial charge in [-0.3, -0.25) is 14.5 Å². The number of hydrogen-bond donors (Lipinski definition) is 2. The molecule has 2 N–H and O–H groups in total. The fourth-order valence-corrected chi connectivity index (χ4v) is 1.99. The van der Waals surface area contributed by atoms with Gasteiger partial charge in [-0.05, 0) is 46.7 Å². The normalized spacial score (nSPS) is 20.2. The minimum atomic E-state index is -0.733. The van der Waals surface area contributed by atoms with Gasteiger partial charge in [-0.1, -0.05) is 0 Å². The summed E-state index contributed by atoms with van der Waals surface area (Å²) in [6, 6.07) is 0.150. The van der Waals surface area contributed by atoms with Crippen molar-refractivity contribution in [3.63, 3.8) is 0 Å². The first kappa shape index (κ1) is 14.0. The molecule has 1 saturated heterocycles. The Morgan fingerprint density at radius 3 is 2.29 bits per heavy atom. The molecule has 1 aliphatic heterocycles. The van der Waals surface area contributed by atoms with Crippen molar-refractivity contribution < 1.29 is 14.7 Å². The molecule has 0 bridgehead atoms. The van der Waals surface area contributed by atoms with E-state index in [0.717, 1.165) is 0 Å². The molecule has 1 heterocycles. The smallest absolute Gasteiger partial charge is 0.309 e. The summed E-state index contributed by atoms with van der Waals surface area (Å²) in [4.78, 5) is 24.6. The van der Waals surface area contributed by atoms with Crippen molar-refractivity contribution in [3.05, 3.63) is 0 Å². The molecule has 0 radical (unpaired) electrons. The maximum absolute atomic E-state index is 11.5. The number of nitrogens with one attached hydrogen (secondary N) is 1. The Balaban J connectivity index is 2.37. The van der Waals surface area contributed by atoms with E-state index in [1.54, 1.807) is 6.92 Å². The van der Waals surface area contributed by atoms with Gasteiger partial charge in [-0.15, -0.1) is 0 Å². The fraction of sp³-hybridized carbons (Fsp3) is 0.833. The monoisotopic (exact) mass is 242 g/mol. The molecule has 1 rings (SSSR count). The van der Waals surface area contributed by atoms with Crippen molar-refractivity contribution in [2.45, 2.75) is 39.7 Å². The van der Waals surface area contributed by atoms with Gasteiger partial charge in [0, 0.05) is 6.04 Å². The summed E-state index contributed by atoms with van der Waals surface area (Å²) in [7, 11) is 0. The van der Waals surface area contributed by atoms with E-state index in [-0.39, 0.29) is 11.9 Å². The molecule has 0 saturated carbocycles. The SMILES string of the molecule is CC(C)NC(=O)CN1CCC(C)(C(=O)O)CC1. The molecular weight excluding hydrogens is 220 g/mol. The predicted molar refractivity (Wildman–Crippen MR) is 64.7 cm³/mol. The highest BCUT2D eigenvalue weighted by molar-refractivity contribution is 5.78. The van der Waals surface area contributed by atoms with E-state index in [2.05, 4.69) is 5.32 Å². The zero-order valence-corrected chi connectivity index (χ0v) is 10.8. The Bertz CT molecular complexity index is 294. The van der Waals surface area contributed by atoms with Gasteiger partial charge < -0.3 is 10.4 Å². The van der Waals surface area contributed by atoms with Crippen LogP contribution >= 0.6 is 0 Å². The van der Waals surface area contributed by atoms with E-state index in [1.165, 1.54) is 0 Å². The van der Waals surface area contributed by atoms with Crippen LogP contribution in [0.3, 0.4) is 0 Å². The van der Waals surface area contributed by atoms with Crippen molar-refractivity contribution in [1.82, 2.24) is 10.2 Å². The Kier molecular flexibility index (Phi) is 4.51. The molecule has 0 atom stereocenters. The van der Waals surface area contributed by atoms with Crippen LogP contribution in [0.15, 0.2) is 0 Å². The first-order valence-corrected chi connectivity index (χ1v) is 6.08. The zero-order valence-electron chi connectivity index (χ0n) is 10.8. The second-order valence-corrected chi connectivity index (χ2v) is 5.36. The second-order valence-electron chi connectivity index (χ2n) is 5.36. The average Bonchev–Trinajstić information content (AvgIpc) is 2.20. The Hall–Kier alpha value is -1.10. The standard InChI is InChI=1S/C12H22N2O3/c1-9(2)13-10(15)8-14-6-4-12(3,5-7-14)11(16)17/h9H,4-8H2,1-3H3,(H,13,15)(H,16,17). The van der Waals surface area contributed by atoms with Gasteiger partial charge in [-0.2, -0.15) is 0 Å². The third kappa shape index (κ3) is 4.00. The van der Waals surface area contributed by atoms with Gasteiger partial charge >= 0.3 is 5.97 Å². The lowest BCUT2D eigenvalue weighted by Gasteiger charge is -2.36. The first-order valence-electron chi connectivity index (χ1n) is 6.08. The number of carboxylic acids is 1. The number of carbonyl (C=O) groups is 2. The third-order valence-electron chi connectivity index (χ3n) is 3.29. The van der Waals surface area contributed by atoms with Crippen LogP contribution in [0, 0.1) is 5.41 Å². The highest BCUT2D eigenvalue weighted by Crippen LogP contribution is 2.30. The number of carbonyl (C=O) groups excluding carboxylic acids is 1. The first-order chi connectivity index (χ1) is 7.83. The van der Waals surface area contributed by atoms with E-state index in [4.69, 9.17) is 5.11 Å². The molecule has 0 aromatic rings. The number of likely N-dealkylation sites (tertiary alicyclic amines) is 1. The highest BCUT2D eigenvalue weighted by atomic mass is 16.4. The molecule has 5 nitrogen and oxygen atoms in total. The third-order valence-corrected chi connectivity index (χ3v) is 3.29. The van der Waals surface area contributed by atoms with Gasteiger partial charge in [0.15, 0.2) is 0 Å². The van der Waals surface area contributed by atoms with Crippen molar-refractivity contribution >= 4 is 11.9 Å². The number of aliphatic carboxylic acids is 1. The summed E-state index contributed by atoms with van der Waals surface area (Å²) in [6.45, 7) is 7.35. The van der Waals surface area contributed by atoms with Crippen molar-refractivity contribution in [2.24, 2.45) is 5.41 Å². The molecule has 0 aromatic carbocycles. The lowest BCUT2D eigenvalue weighted by Crippen LogP contribution is -2.47. The maximum atomic E-state index is 11.5. The summed E-state index contributed by atoms with van der Waals surface area (Å²) in [5.41, 5.74) is -0.620. The quantitative estimate of drug-likeness (QED) is 0.761. The van der Waals surface area contributed by atoms with Gasteiger partial charge in [0.25, 0.3) is 0 Å². The molecule has 1 amide bonds. The number of carboxylic acid groups (broad SMARTS) is 1. The number of hydrogen-bond acceptors (Lipinski definition) is 3. The van der Waals surface area contributed by atoms with Crippen LogP contribution in [0.1, 0.15) is 33.6 Å². The van der Waals surface area contributed by atoms with E-state index < -0.39 is 11.4 Å². The molecule has 0 spiro atoms. The minimum Gasteiger partial charge on any atom is -0.481 e. The van der Waals surface area contributed by atoms with Crippen LogP contribution in [-0.4, -0.2) is 47.6 Å². The maximum Gasteiger partial charge on any atom is 0.309 e. The Labute approximate surface area is 102 Å². The average molecular weight is 242 g/mol. The molecule has 0 aromatic heterocycles. The van der Waals surface area contributed by atoms with Gasteiger partial charge in [0.2, 0.25) is 5.91 Å². The molecule has 5 heteroatoms.